The lowest BCUT2D eigenvalue weighted by molar-refractivity contribution is 0.0774. The zero-order valence-corrected chi connectivity index (χ0v) is 23.0. The van der Waals surface area contributed by atoms with Gasteiger partial charge in [0.25, 0.3) is 5.91 Å². The lowest BCUT2D eigenvalue weighted by Gasteiger charge is -2.25. The van der Waals surface area contributed by atoms with E-state index >= 15 is 0 Å². The van der Waals surface area contributed by atoms with Gasteiger partial charge < -0.3 is 29.1 Å². The van der Waals surface area contributed by atoms with Crippen molar-refractivity contribution in [2.24, 2.45) is 11.7 Å². The van der Waals surface area contributed by atoms with E-state index in [0.717, 1.165) is 53.0 Å². The molecule has 0 spiro atoms. The van der Waals surface area contributed by atoms with Crippen molar-refractivity contribution in [2.75, 3.05) is 19.1 Å². The average Bonchev–Trinajstić information content (AvgIpc) is 3.29. The van der Waals surface area contributed by atoms with E-state index in [2.05, 4.69) is 21.3 Å². The fraction of sp³-hybridized carbons (Fsp3) is 0.414. The van der Waals surface area contributed by atoms with Gasteiger partial charge in [-0.2, -0.15) is 0 Å². The summed E-state index contributed by atoms with van der Waals surface area (Å²) in [7, 11) is 1.61. The second-order valence-corrected chi connectivity index (χ2v) is 12.5. The van der Waals surface area contributed by atoms with Crippen LogP contribution in [0.15, 0.2) is 48.3 Å². The van der Waals surface area contributed by atoms with E-state index in [-0.39, 0.29) is 18.0 Å². The van der Waals surface area contributed by atoms with Crippen molar-refractivity contribution in [1.29, 1.82) is 0 Å². The van der Waals surface area contributed by atoms with Crippen LogP contribution in [0.3, 0.4) is 0 Å². The predicted molar refractivity (Wildman–Crippen MR) is 152 cm³/mol. The topological polar surface area (TPSA) is 114 Å². The molecule has 39 heavy (non-hydrogen) atoms. The molecule has 2 fully saturated rings. The average molecular weight is 545 g/mol. The Balaban J connectivity index is 1.39. The van der Waals surface area contributed by atoms with Gasteiger partial charge in [-0.3, -0.25) is 4.79 Å². The Kier molecular flexibility index (Phi) is 5.94. The van der Waals surface area contributed by atoms with Gasteiger partial charge in [0.2, 0.25) is 0 Å². The number of pyridine rings is 1. The Bertz CT molecular complexity index is 1630. The highest BCUT2D eigenvalue weighted by atomic mass is 32.2. The monoisotopic (exact) mass is 544 g/mol. The number of benzene rings is 1. The largest absolute Gasteiger partial charge is 0.617 e. The number of amides is 1. The van der Waals surface area contributed by atoms with Crippen molar-refractivity contribution in [3.05, 3.63) is 53.9 Å². The van der Waals surface area contributed by atoms with Gasteiger partial charge in [0.05, 0.1) is 37.2 Å². The molecule has 10 heteroatoms. The van der Waals surface area contributed by atoms with Gasteiger partial charge in [0.15, 0.2) is 5.82 Å². The molecule has 1 aliphatic heterocycles. The third kappa shape index (κ3) is 4.13. The molecule has 3 atom stereocenters. The number of ether oxygens (including phenoxy) is 1. The Labute approximate surface area is 229 Å². The maximum atomic E-state index is 13.7. The summed E-state index contributed by atoms with van der Waals surface area (Å²) >= 11 is -0.991. The summed E-state index contributed by atoms with van der Waals surface area (Å²) in [6, 6.07) is 9.74. The number of rotatable bonds is 8. The normalized spacial score (nSPS) is 21.2. The second-order valence-electron chi connectivity index (χ2n) is 11.0. The molecule has 202 valence electrons. The third-order valence-electron chi connectivity index (χ3n) is 8.37. The molecule has 2 N–H and O–H groups in total. The zero-order chi connectivity index (χ0) is 26.8. The van der Waals surface area contributed by atoms with Crippen molar-refractivity contribution < 1.29 is 14.1 Å². The van der Waals surface area contributed by atoms with Crippen LogP contribution < -0.4 is 10.5 Å². The number of nitrogens with zero attached hydrogens (tertiary/aromatic N) is 5. The highest BCUT2D eigenvalue weighted by molar-refractivity contribution is 7.90. The van der Waals surface area contributed by atoms with E-state index in [0.29, 0.717) is 35.0 Å². The first-order chi connectivity index (χ1) is 18.9. The summed E-state index contributed by atoms with van der Waals surface area (Å²) < 4.78 is 22.4. The van der Waals surface area contributed by atoms with E-state index in [9.17, 15) is 9.35 Å². The fourth-order valence-corrected chi connectivity index (χ4v) is 6.60. The molecule has 0 saturated heterocycles. The Hall–Kier alpha value is -3.34. The standard InChI is InChI=1S/C29H32N6O3S/c1-38-24-14-20(29(36)35-16-19-7-8-22(35)25(19)30)12-21-26(24)33(10-11-39(2)37)28(32-21)23-13-18-4-3-9-31-27(18)34(23)15-17-5-6-17/h3-4,9,12-14,16-17,22,25H,5-8,10-11,15,30H2,1-2H3/t22-,25-,39-/m1/s1. The van der Waals surface area contributed by atoms with E-state index in [1.165, 1.54) is 12.8 Å². The van der Waals surface area contributed by atoms with Crippen LogP contribution in [0.25, 0.3) is 33.6 Å². The lowest BCUT2D eigenvalue weighted by atomic mass is 10.1. The summed E-state index contributed by atoms with van der Waals surface area (Å²) in [5.41, 5.74) is 11.4. The molecule has 0 unspecified atom stereocenters. The van der Waals surface area contributed by atoms with Crippen LogP contribution >= 0.6 is 0 Å². The summed E-state index contributed by atoms with van der Waals surface area (Å²) in [5.74, 6) is 2.35. The molecule has 2 bridgehead atoms. The highest BCUT2D eigenvalue weighted by Crippen LogP contribution is 2.39. The first-order valence-corrected chi connectivity index (χ1v) is 15.3. The van der Waals surface area contributed by atoms with Crippen LogP contribution in [0.2, 0.25) is 0 Å². The second kappa shape index (κ2) is 9.39. The summed E-state index contributed by atoms with van der Waals surface area (Å²) in [5, 5.41) is 1.06. The molecule has 3 aromatic heterocycles. The van der Waals surface area contributed by atoms with Crippen molar-refractivity contribution in [3.8, 4) is 17.3 Å². The maximum Gasteiger partial charge on any atom is 0.258 e. The fourth-order valence-electron chi connectivity index (χ4n) is 6.16. The van der Waals surface area contributed by atoms with Crippen LogP contribution in [0.5, 0.6) is 5.75 Å². The quantitative estimate of drug-likeness (QED) is 0.339. The number of aromatic nitrogens is 4. The molecule has 0 radical (unpaired) electrons. The van der Waals surface area contributed by atoms with Crippen LogP contribution in [0, 0.1) is 5.92 Å². The number of carbonyl (C=O) groups is 1. The number of nitrogens with two attached hydrogens (primary N) is 1. The Morgan fingerprint density at radius 2 is 2.08 bits per heavy atom. The van der Waals surface area contributed by atoms with Crippen LogP contribution in [-0.4, -0.2) is 65.7 Å². The number of methoxy groups -OCH3 is 1. The summed E-state index contributed by atoms with van der Waals surface area (Å²) in [6.07, 6.45) is 9.73. The van der Waals surface area contributed by atoms with Crippen molar-refractivity contribution in [2.45, 2.75) is 50.9 Å². The number of fused-ring (bicyclic) bond motifs is 4. The number of imidazole rings is 1. The van der Waals surface area contributed by atoms with Crippen molar-refractivity contribution >= 4 is 39.1 Å². The van der Waals surface area contributed by atoms with E-state index in [1.54, 1.807) is 24.3 Å². The van der Waals surface area contributed by atoms with E-state index in [4.69, 9.17) is 20.4 Å². The molecule has 7 rings (SSSR count). The number of carbonyl (C=O) groups excluding carboxylic acids is 1. The van der Waals surface area contributed by atoms with E-state index < -0.39 is 11.2 Å². The predicted octanol–water partition coefficient (Wildman–Crippen LogP) is 3.68. The minimum Gasteiger partial charge on any atom is -0.617 e. The number of hydrogen-bond donors (Lipinski definition) is 1. The molecule has 4 heterocycles. The highest BCUT2D eigenvalue weighted by Gasteiger charge is 2.41. The van der Waals surface area contributed by atoms with Crippen molar-refractivity contribution in [3.63, 3.8) is 0 Å². The zero-order valence-electron chi connectivity index (χ0n) is 22.2. The Morgan fingerprint density at radius 3 is 2.77 bits per heavy atom. The smallest absolute Gasteiger partial charge is 0.258 e. The van der Waals surface area contributed by atoms with E-state index in [1.807, 2.05) is 24.5 Å². The van der Waals surface area contributed by atoms with Gasteiger partial charge in [-0.25, -0.2) is 9.97 Å². The molecular weight excluding hydrogens is 512 g/mol. The molecule has 1 amide bonds. The van der Waals surface area contributed by atoms with Gasteiger partial charge in [-0.1, -0.05) is 11.2 Å². The summed E-state index contributed by atoms with van der Waals surface area (Å²) in [4.78, 5) is 25.2. The number of hydrogen-bond acceptors (Lipinski definition) is 6. The van der Waals surface area contributed by atoms with Crippen LogP contribution in [0.4, 0.5) is 0 Å². The third-order valence-corrected chi connectivity index (χ3v) is 9.12. The van der Waals surface area contributed by atoms with Gasteiger partial charge in [0.1, 0.15) is 22.7 Å². The number of aryl methyl sites for hydroxylation is 1. The molecule has 3 aliphatic rings. The van der Waals surface area contributed by atoms with Gasteiger partial charge in [-0.15, -0.1) is 0 Å². The molecule has 9 nitrogen and oxygen atoms in total. The minimum absolute atomic E-state index is 0.00692. The Morgan fingerprint density at radius 1 is 1.23 bits per heavy atom. The molecule has 1 aromatic carbocycles. The first kappa shape index (κ1) is 24.7. The van der Waals surface area contributed by atoms with Crippen molar-refractivity contribution in [1.82, 2.24) is 24.0 Å². The summed E-state index contributed by atoms with van der Waals surface area (Å²) in [6.45, 7) is 1.39. The first-order valence-electron chi connectivity index (χ1n) is 13.5. The lowest BCUT2D eigenvalue weighted by Crippen LogP contribution is -2.40. The minimum atomic E-state index is -0.991. The molecular formula is C29H32N6O3S. The SMILES string of the molecule is COc1cc(C(=O)N2C=C3CC[C@@H]2[C@@H]3N)cc2nc(-c3cc4cccnc4n3CC3CC3)n(CC[S@@+](C)[O-])c12. The van der Waals surface area contributed by atoms with Crippen LogP contribution in [0.1, 0.15) is 36.0 Å². The molecule has 4 aromatic rings. The van der Waals surface area contributed by atoms with Gasteiger partial charge >= 0.3 is 0 Å². The van der Waals surface area contributed by atoms with Gasteiger partial charge in [0, 0.05) is 35.9 Å². The maximum absolute atomic E-state index is 13.7. The molecule has 2 aliphatic carbocycles. The molecule has 2 saturated carbocycles. The van der Waals surface area contributed by atoms with Crippen LogP contribution in [-0.2, 0) is 24.3 Å². The van der Waals surface area contributed by atoms with Gasteiger partial charge in [-0.05, 0) is 67.5 Å².